The van der Waals surface area contributed by atoms with Gasteiger partial charge in [-0.1, -0.05) is 0 Å². The molecule has 0 radical (unpaired) electrons. The van der Waals surface area contributed by atoms with Crippen molar-refractivity contribution in [2.24, 2.45) is 0 Å². The zero-order valence-corrected chi connectivity index (χ0v) is 9.92. The minimum absolute atomic E-state index is 0.0450. The molecule has 4 N–H and O–H groups in total. The van der Waals surface area contributed by atoms with Crippen LogP contribution in [0.3, 0.4) is 0 Å². The maximum absolute atomic E-state index is 10.8. The first-order valence-corrected chi connectivity index (χ1v) is 5.34. The second-order valence-electron chi connectivity index (χ2n) is 3.93. The molecule has 0 bridgehead atoms. The summed E-state index contributed by atoms with van der Waals surface area (Å²) in [4.78, 5) is 16.6. The van der Waals surface area contributed by atoms with Gasteiger partial charge in [0.25, 0.3) is 0 Å². The van der Waals surface area contributed by atoms with Crippen LogP contribution in [0.1, 0.15) is 24.3 Å². The highest BCUT2D eigenvalue weighted by Crippen LogP contribution is 2.22. The lowest BCUT2D eigenvalue weighted by Gasteiger charge is -2.28. The van der Waals surface area contributed by atoms with Crippen molar-refractivity contribution in [1.82, 2.24) is 4.98 Å². The van der Waals surface area contributed by atoms with Gasteiger partial charge >= 0.3 is 5.97 Å². The van der Waals surface area contributed by atoms with Crippen molar-refractivity contribution in [2.45, 2.75) is 19.9 Å². The van der Waals surface area contributed by atoms with E-state index in [0.29, 0.717) is 18.1 Å². The van der Waals surface area contributed by atoms with Crippen LogP contribution in [-0.4, -0.2) is 40.4 Å². The predicted molar refractivity (Wildman–Crippen MR) is 65.2 cm³/mol. The Balaban J connectivity index is 3.16. The Labute approximate surface area is 99.7 Å². The number of hydrogen-bond acceptors (Lipinski definition) is 5. The van der Waals surface area contributed by atoms with Crippen molar-refractivity contribution in [1.29, 1.82) is 0 Å². The number of nitrogens with two attached hydrogens (primary N) is 1. The number of aliphatic hydroxyl groups excluding tert-OH is 1. The van der Waals surface area contributed by atoms with E-state index in [9.17, 15) is 4.79 Å². The average Bonchev–Trinajstić information content (AvgIpc) is 2.26. The largest absolute Gasteiger partial charge is 0.477 e. The molecule has 94 valence electrons. The topological polar surface area (TPSA) is 99.7 Å². The van der Waals surface area contributed by atoms with Gasteiger partial charge in [0.15, 0.2) is 11.5 Å². The first-order valence-electron chi connectivity index (χ1n) is 5.34. The van der Waals surface area contributed by atoms with Gasteiger partial charge in [0.2, 0.25) is 0 Å². The Morgan fingerprint density at radius 3 is 2.65 bits per heavy atom. The van der Waals surface area contributed by atoms with Gasteiger partial charge in [-0.05, 0) is 26.0 Å². The normalized spacial score (nSPS) is 10.6. The molecular weight excluding hydrogens is 222 g/mol. The number of aromatic nitrogens is 1. The molecule has 6 heteroatoms. The quantitative estimate of drug-likeness (QED) is 0.694. The molecule has 0 aromatic carbocycles. The molecule has 6 nitrogen and oxygen atoms in total. The van der Waals surface area contributed by atoms with Gasteiger partial charge in [0, 0.05) is 12.6 Å². The summed E-state index contributed by atoms with van der Waals surface area (Å²) < 4.78 is 0. The summed E-state index contributed by atoms with van der Waals surface area (Å²) in [5, 5.41) is 17.9. The van der Waals surface area contributed by atoms with Crippen molar-refractivity contribution < 1.29 is 15.0 Å². The van der Waals surface area contributed by atoms with Crippen LogP contribution in [0.25, 0.3) is 0 Å². The van der Waals surface area contributed by atoms with Crippen LogP contribution in [0.2, 0.25) is 0 Å². The number of aromatic carboxylic acids is 1. The van der Waals surface area contributed by atoms with E-state index in [1.54, 1.807) is 4.90 Å². The summed E-state index contributed by atoms with van der Waals surface area (Å²) in [5.41, 5.74) is 6.12. The maximum Gasteiger partial charge on any atom is 0.354 e. The van der Waals surface area contributed by atoms with Crippen LogP contribution >= 0.6 is 0 Å². The van der Waals surface area contributed by atoms with Gasteiger partial charge in [-0.15, -0.1) is 0 Å². The fraction of sp³-hybridized carbons (Fsp3) is 0.455. The molecule has 0 spiro atoms. The maximum atomic E-state index is 10.8. The molecule has 1 rings (SSSR count). The van der Waals surface area contributed by atoms with E-state index < -0.39 is 5.97 Å². The van der Waals surface area contributed by atoms with E-state index in [1.807, 2.05) is 13.8 Å². The first kappa shape index (κ1) is 13.2. The smallest absolute Gasteiger partial charge is 0.354 e. The van der Waals surface area contributed by atoms with Gasteiger partial charge < -0.3 is 20.8 Å². The highest BCUT2D eigenvalue weighted by molar-refractivity contribution is 5.87. The second kappa shape index (κ2) is 5.49. The SMILES string of the molecule is CC(C)N(CCO)c1nc(C(=O)O)ccc1N. The van der Waals surface area contributed by atoms with E-state index in [4.69, 9.17) is 15.9 Å². The summed E-state index contributed by atoms with van der Waals surface area (Å²) in [6, 6.07) is 2.94. The number of hydrogen-bond donors (Lipinski definition) is 3. The number of nitrogens with zero attached hydrogens (tertiary/aromatic N) is 2. The third-order valence-corrected chi connectivity index (χ3v) is 2.36. The standard InChI is InChI=1S/C11H17N3O3/c1-7(2)14(5-6-15)10-8(12)3-4-9(13-10)11(16)17/h3-4,7,15H,5-6,12H2,1-2H3,(H,16,17). The molecule has 1 heterocycles. The number of carboxylic acid groups (broad SMARTS) is 1. The van der Waals surface area contributed by atoms with Gasteiger partial charge in [-0.2, -0.15) is 0 Å². The molecular formula is C11H17N3O3. The van der Waals surface area contributed by atoms with Crippen molar-refractivity contribution in [3.8, 4) is 0 Å². The van der Waals surface area contributed by atoms with Gasteiger partial charge in [0.1, 0.15) is 0 Å². The van der Waals surface area contributed by atoms with E-state index in [0.717, 1.165) is 0 Å². The van der Waals surface area contributed by atoms with Gasteiger partial charge in [0.05, 0.1) is 12.3 Å². The molecule has 0 saturated carbocycles. The lowest BCUT2D eigenvalue weighted by Crippen LogP contribution is -2.35. The van der Waals surface area contributed by atoms with E-state index in [-0.39, 0.29) is 18.3 Å². The van der Waals surface area contributed by atoms with Crippen LogP contribution in [0.5, 0.6) is 0 Å². The number of pyridine rings is 1. The molecule has 0 atom stereocenters. The number of carboxylic acids is 1. The van der Waals surface area contributed by atoms with Crippen molar-refractivity contribution in [3.05, 3.63) is 17.8 Å². The van der Waals surface area contributed by atoms with E-state index >= 15 is 0 Å². The third kappa shape index (κ3) is 3.07. The Morgan fingerprint density at radius 2 is 2.18 bits per heavy atom. The Bertz CT molecular complexity index is 407. The fourth-order valence-electron chi connectivity index (χ4n) is 1.52. The number of rotatable bonds is 5. The molecule has 0 aliphatic heterocycles. The van der Waals surface area contributed by atoms with Gasteiger partial charge in [-0.25, -0.2) is 9.78 Å². The second-order valence-corrected chi connectivity index (χ2v) is 3.93. The summed E-state index contributed by atoms with van der Waals surface area (Å²) >= 11 is 0. The van der Waals surface area contributed by atoms with Gasteiger partial charge in [-0.3, -0.25) is 0 Å². The monoisotopic (exact) mass is 239 g/mol. The highest BCUT2D eigenvalue weighted by Gasteiger charge is 2.16. The molecule has 0 fully saturated rings. The summed E-state index contributed by atoms with van der Waals surface area (Å²) in [6.07, 6.45) is 0. The minimum atomic E-state index is -1.10. The zero-order chi connectivity index (χ0) is 13.0. The van der Waals surface area contributed by atoms with Crippen molar-refractivity contribution in [3.63, 3.8) is 0 Å². The molecule has 0 aliphatic rings. The lowest BCUT2D eigenvalue weighted by atomic mass is 10.2. The van der Waals surface area contributed by atoms with Crippen LogP contribution in [0.15, 0.2) is 12.1 Å². The van der Waals surface area contributed by atoms with Crippen molar-refractivity contribution >= 4 is 17.5 Å². The molecule has 0 aliphatic carbocycles. The Morgan fingerprint density at radius 1 is 1.53 bits per heavy atom. The summed E-state index contributed by atoms with van der Waals surface area (Å²) in [6.45, 7) is 4.16. The molecule has 0 saturated heterocycles. The van der Waals surface area contributed by atoms with E-state index in [2.05, 4.69) is 4.98 Å². The molecule has 1 aromatic heterocycles. The number of anilines is 2. The predicted octanol–water partition coefficient (Wildman–Crippen LogP) is 0.569. The lowest BCUT2D eigenvalue weighted by molar-refractivity contribution is 0.0690. The molecule has 1 aromatic rings. The number of aliphatic hydroxyl groups is 1. The van der Waals surface area contributed by atoms with Crippen molar-refractivity contribution in [2.75, 3.05) is 23.8 Å². The number of carbonyl (C=O) groups is 1. The Kier molecular flexibility index (Phi) is 4.28. The Hall–Kier alpha value is -1.82. The van der Waals surface area contributed by atoms with Crippen LogP contribution in [0, 0.1) is 0 Å². The molecule has 17 heavy (non-hydrogen) atoms. The number of nitrogen functional groups attached to an aromatic ring is 1. The van der Waals surface area contributed by atoms with Crippen LogP contribution < -0.4 is 10.6 Å². The summed E-state index contributed by atoms with van der Waals surface area (Å²) in [5.74, 6) is -0.701. The average molecular weight is 239 g/mol. The summed E-state index contributed by atoms with van der Waals surface area (Å²) in [7, 11) is 0. The van der Waals surface area contributed by atoms with Crippen LogP contribution in [-0.2, 0) is 0 Å². The van der Waals surface area contributed by atoms with Crippen LogP contribution in [0.4, 0.5) is 11.5 Å². The third-order valence-electron chi connectivity index (χ3n) is 2.36. The fourth-order valence-corrected chi connectivity index (χ4v) is 1.52. The minimum Gasteiger partial charge on any atom is -0.477 e. The highest BCUT2D eigenvalue weighted by atomic mass is 16.4. The molecule has 0 unspecified atom stereocenters. The first-order chi connectivity index (χ1) is 7.97. The van der Waals surface area contributed by atoms with E-state index in [1.165, 1.54) is 12.1 Å². The zero-order valence-electron chi connectivity index (χ0n) is 9.92. The molecule has 0 amide bonds.